The molecule has 36 heavy (non-hydrogen) atoms. The highest BCUT2D eigenvalue weighted by atomic mass is 16.5. The molecule has 188 valence electrons. The number of aliphatic hydroxyl groups is 1. The van der Waals surface area contributed by atoms with Crippen molar-refractivity contribution in [2.24, 2.45) is 11.8 Å². The van der Waals surface area contributed by atoms with E-state index in [2.05, 4.69) is 6.08 Å². The molecule has 6 rings (SSSR count). The Morgan fingerprint density at radius 2 is 1.83 bits per heavy atom. The highest BCUT2D eigenvalue weighted by Gasteiger charge is 2.58. The van der Waals surface area contributed by atoms with Crippen LogP contribution in [-0.4, -0.2) is 70.2 Å². The maximum absolute atomic E-state index is 13.9. The molecular weight excluding hydrogens is 458 g/mol. The van der Waals surface area contributed by atoms with Crippen LogP contribution in [0.15, 0.2) is 53.3 Å². The van der Waals surface area contributed by atoms with Crippen LogP contribution < -0.4 is 5.56 Å². The third-order valence-electron chi connectivity index (χ3n) is 8.29. The number of hydrogen-bond donors (Lipinski definition) is 1. The van der Waals surface area contributed by atoms with Gasteiger partial charge in [-0.05, 0) is 49.1 Å². The summed E-state index contributed by atoms with van der Waals surface area (Å²) >= 11 is 0. The fraction of sp³-hybridized carbons (Fsp3) is 0.464. The minimum absolute atomic E-state index is 0.0707. The molecule has 4 heterocycles. The normalized spacial score (nSPS) is 27.1. The van der Waals surface area contributed by atoms with E-state index < -0.39 is 23.9 Å². The van der Waals surface area contributed by atoms with Crippen molar-refractivity contribution in [1.82, 2.24) is 14.4 Å². The molecule has 2 aromatic rings. The number of carbonyl (C=O) groups is 2. The Balaban J connectivity index is 1.48. The third-order valence-corrected chi connectivity index (χ3v) is 8.29. The zero-order chi connectivity index (χ0) is 24.8. The zero-order valence-electron chi connectivity index (χ0n) is 20.2. The van der Waals surface area contributed by atoms with Crippen LogP contribution in [0.3, 0.4) is 0 Å². The maximum Gasteiger partial charge on any atom is 0.258 e. The fourth-order valence-corrected chi connectivity index (χ4v) is 6.55. The van der Waals surface area contributed by atoms with E-state index in [-0.39, 0.29) is 30.5 Å². The Labute approximate surface area is 209 Å². The zero-order valence-corrected chi connectivity index (χ0v) is 20.2. The molecule has 1 aliphatic carbocycles. The van der Waals surface area contributed by atoms with Crippen molar-refractivity contribution in [2.75, 3.05) is 32.9 Å². The highest BCUT2D eigenvalue weighted by molar-refractivity contribution is 5.96. The summed E-state index contributed by atoms with van der Waals surface area (Å²) in [5.74, 6) is -1.36. The molecule has 8 heteroatoms. The van der Waals surface area contributed by atoms with Crippen LogP contribution in [0, 0.1) is 11.8 Å². The van der Waals surface area contributed by atoms with Gasteiger partial charge >= 0.3 is 0 Å². The van der Waals surface area contributed by atoms with Gasteiger partial charge in [0.05, 0.1) is 31.2 Å². The first-order valence-electron chi connectivity index (χ1n) is 12.9. The number of allylic oxidation sites excluding steroid dienone is 2. The average molecular weight is 490 g/mol. The van der Waals surface area contributed by atoms with E-state index in [9.17, 15) is 19.5 Å². The van der Waals surface area contributed by atoms with Crippen LogP contribution in [0.25, 0.3) is 5.57 Å². The largest absolute Gasteiger partial charge is 0.396 e. The first kappa shape index (κ1) is 23.2. The molecule has 2 fully saturated rings. The molecule has 4 atom stereocenters. The SMILES string of the molecule is O=C([C@@H]1[C@@H](CO)[C@@H]2Cn3c(ccc(C4=CCCC4)c3=O)[C@H]1N2C(=O)c1ccccc1)N1CCOCC1. The Morgan fingerprint density at radius 1 is 1.06 bits per heavy atom. The lowest BCUT2D eigenvalue weighted by Gasteiger charge is -2.39. The van der Waals surface area contributed by atoms with Gasteiger partial charge in [0.25, 0.3) is 11.5 Å². The van der Waals surface area contributed by atoms with Gasteiger partial charge < -0.3 is 24.2 Å². The van der Waals surface area contributed by atoms with E-state index in [1.807, 2.05) is 30.3 Å². The van der Waals surface area contributed by atoms with E-state index in [1.165, 1.54) is 0 Å². The Morgan fingerprint density at radius 3 is 2.53 bits per heavy atom. The van der Waals surface area contributed by atoms with Crippen molar-refractivity contribution in [3.8, 4) is 0 Å². The number of nitrogens with zero attached hydrogens (tertiary/aromatic N) is 3. The summed E-state index contributed by atoms with van der Waals surface area (Å²) in [5, 5.41) is 10.5. The number of fused-ring (bicyclic) bond motifs is 4. The van der Waals surface area contributed by atoms with E-state index in [1.54, 1.807) is 26.5 Å². The highest BCUT2D eigenvalue weighted by Crippen LogP contribution is 2.49. The van der Waals surface area contributed by atoms with Crippen LogP contribution in [0.4, 0.5) is 0 Å². The third kappa shape index (κ3) is 3.62. The van der Waals surface area contributed by atoms with E-state index in [0.717, 1.165) is 24.8 Å². The van der Waals surface area contributed by atoms with Crippen LogP contribution >= 0.6 is 0 Å². The molecule has 1 aromatic heterocycles. The second-order valence-corrected chi connectivity index (χ2v) is 10.1. The first-order valence-corrected chi connectivity index (χ1v) is 12.9. The molecule has 3 aliphatic heterocycles. The van der Waals surface area contributed by atoms with Gasteiger partial charge in [-0.25, -0.2) is 0 Å². The van der Waals surface area contributed by atoms with Crippen molar-refractivity contribution >= 4 is 17.4 Å². The second kappa shape index (κ2) is 9.33. The predicted molar refractivity (Wildman–Crippen MR) is 133 cm³/mol. The Kier molecular flexibility index (Phi) is 6.01. The number of benzene rings is 1. The summed E-state index contributed by atoms with van der Waals surface area (Å²) in [6, 6.07) is 11.7. The molecule has 1 N–H and O–H groups in total. The number of aliphatic hydroxyl groups excluding tert-OH is 1. The first-order chi connectivity index (χ1) is 17.6. The standard InChI is InChI=1S/C28H31N3O5/c32-17-21-23-16-30-22(11-10-20(27(30)34)18-6-4-5-7-18)25(24(21)28(35)29-12-14-36-15-13-29)31(23)26(33)19-8-2-1-3-9-19/h1-3,6,8-11,21,23-25,32H,4-5,7,12-17H2/t21-,23-,24+,25+/m0/s1. The summed E-state index contributed by atoms with van der Waals surface area (Å²) < 4.78 is 7.20. The number of ether oxygens (including phenoxy) is 1. The van der Waals surface area contributed by atoms with Crippen LogP contribution in [0.1, 0.15) is 46.9 Å². The number of morpholine rings is 1. The van der Waals surface area contributed by atoms with Gasteiger partial charge in [0.15, 0.2) is 0 Å². The van der Waals surface area contributed by atoms with Gasteiger partial charge in [-0.2, -0.15) is 0 Å². The van der Waals surface area contributed by atoms with E-state index >= 15 is 0 Å². The van der Waals surface area contributed by atoms with Gasteiger partial charge in [-0.15, -0.1) is 0 Å². The number of pyridine rings is 1. The van der Waals surface area contributed by atoms with Crippen molar-refractivity contribution in [3.05, 3.63) is 75.7 Å². The van der Waals surface area contributed by atoms with Gasteiger partial charge in [-0.1, -0.05) is 24.3 Å². The van der Waals surface area contributed by atoms with Gasteiger partial charge in [0.2, 0.25) is 5.91 Å². The lowest BCUT2D eigenvalue weighted by atomic mass is 9.86. The molecule has 8 nitrogen and oxygen atoms in total. The average Bonchev–Trinajstić information content (AvgIpc) is 3.53. The van der Waals surface area contributed by atoms with Crippen molar-refractivity contribution in [2.45, 2.75) is 37.9 Å². The molecule has 2 bridgehead atoms. The van der Waals surface area contributed by atoms with E-state index in [0.29, 0.717) is 43.1 Å². The lowest BCUT2D eigenvalue weighted by molar-refractivity contribution is -0.142. The van der Waals surface area contributed by atoms with Gasteiger partial charge in [-0.3, -0.25) is 14.4 Å². The monoisotopic (exact) mass is 489 g/mol. The lowest BCUT2D eigenvalue weighted by Crippen LogP contribution is -2.49. The Hall–Kier alpha value is -3.23. The molecule has 0 unspecified atom stereocenters. The van der Waals surface area contributed by atoms with Crippen LogP contribution in [0.5, 0.6) is 0 Å². The molecule has 4 aliphatic rings. The number of hydrogen-bond acceptors (Lipinski definition) is 5. The topological polar surface area (TPSA) is 92.1 Å². The number of carbonyl (C=O) groups excluding carboxylic acids is 2. The molecule has 2 amide bonds. The van der Waals surface area contributed by atoms with Gasteiger partial charge in [0.1, 0.15) is 0 Å². The predicted octanol–water partition coefficient (Wildman–Crippen LogP) is 2.08. The summed E-state index contributed by atoms with van der Waals surface area (Å²) in [7, 11) is 0. The van der Waals surface area contributed by atoms with Crippen molar-refractivity contribution in [1.29, 1.82) is 0 Å². The van der Waals surface area contributed by atoms with Crippen LogP contribution in [-0.2, 0) is 16.1 Å². The fourth-order valence-electron chi connectivity index (χ4n) is 6.55. The molecular formula is C28H31N3O5. The molecule has 0 saturated carbocycles. The van der Waals surface area contributed by atoms with Gasteiger partial charge in [0, 0.05) is 49.0 Å². The maximum atomic E-state index is 13.9. The minimum atomic E-state index is -0.629. The summed E-state index contributed by atoms with van der Waals surface area (Å²) in [4.78, 5) is 45.0. The smallest absolute Gasteiger partial charge is 0.258 e. The quantitative estimate of drug-likeness (QED) is 0.710. The van der Waals surface area contributed by atoms with Crippen LogP contribution in [0.2, 0.25) is 0 Å². The molecule has 1 aromatic carbocycles. The summed E-state index contributed by atoms with van der Waals surface area (Å²) in [6.45, 7) is 1.94. The Bertz CT molecular complexity index is 1260. The number of aromatic nitrogens is 1. The number of amides is 2. The molecule has 0 radical (unpaired) electrons. The van der Waals surface area contributed by atoms with Crippen molar-refractivity contribution < 1.29 is 19.4 Å². The molecule has 0 spiro atoms. The second-order valence-electron chi connectivity index (χ2n) is 10.1. The number of rotatable bonds is 4. The summed E-state index contributed by atoms with van der Waals surface area (Å²) in [6.07, 6.45) is 5.04. The van der Waals surface area contributed by atoms with Crippen molar-refractivity contribution in [3.63, 3.8) is 0 Å². The summed E-state index contributed by atoms with van der Waals surface area (Å²) in [5.41, 5.74) is 2.91. The minimum Gasteiger partial charge on any atom is -0.396 e. The molecule has 2 saturated heterocycles. The van der Waals surface area contributed by atoms with E-state index in [4.69, 9.17) is 4.74 Å².